The molecular formula is C15H15Cl2FN2O. The standard InChI is InChI=1S/C15H15Cl2FN2O/c1-8-7-12(16)20-15(17)14(8)19-9(2)13-10(18)5-4-6-11(13)21-3/h4-7,9,19H,1-3H3. The number of nitrogens with zero attached hydrogens (tertiary/aromatic N) is 1. The summed E-state index contributed by atoms with van der Waals surface area (Å²) in [6.45, 7) is 3.68. The van der Waals surface area contributed by atoms with Crippen LogP contribution in [0, 0.1) is 12.7 Å². The van der Waals surface area contributed by atoms with Gasteiger partial charge < -0.3 is 10.1 Å². The number of hydrogen-bond acceptors (Lipinski definition) is 3. The lowest BCUT2D eigenvalue weighted by molar-refractivity contribution is 0.402. The molecule has 1 N–H and O–H groups in total. The van der Waals surface area contributed by atoms with Gasteiger partial charge in [0.2, 0.25) is 0 Å². The number of hydrogen-bond donors (Lipinski definition) is 1. The minimum atomic E-state index is -0.347. The van der Waals surface area contributed by atoms with E-state index in [0.717, 1.165) is 5.56 Å². The molecule has 0 aliphatic rings. The monoisotopic (exact) mass is 328 g/mol. The fourth-order valence-corrected chi connectivity index (χ4v) is 2.76. The third-order valence-corrected chi connectivity index (χ3v) is 3.64. The summed E-state index contributed by atoms with van der Waals surface area (Å²) in [5.74, 6) is 0.135. The largest absolute Gasteiger partial charge is 0.496 e. The molecule has 0 saturated carbocycles. The summed E-state index contributed by atoms with van der Waals surface area (Å²) in [6.07, 6.45) is 0. The first kappa shape index (κ1) is 15.9. The van der Waals surface area contributed by atoms with Crippen LogP contribution in [-0.4, -0.2) is 12.1 Å². The highest BCUT2D eigenvalue weighted by atomic mass is 35.5. The lowest BCUT2D eigenvalue weighted by Crippen LogP contribution is -2.12. The third-order valence-electron chi connectivity index (χ3n) is 3.17. The molecule has 1 heterocycles. The summed E-state index contributed by atoms with van der Waals surface area (Å²) in [5, 5.41) is 3.74. The number of benzene rings is 1. The lowest BCUT2D eigenvalue weighted by atomic mass is 10.1. The molecule has 0 aliphatic heterocycles. The summed E-state index contributed by atoms with van der Waals surface area (Å²) in [6, 6.07) is 6.06. The Morgan fingerprint density at radius 1 is 1.33 bits per heavy atom. The topological polar surface area (TPSA) is 34.1 Å². The maximum Gasteiger partial charge on any atom is 0.154 e. The second kappa shape index (κ2) is 6.50. The van der Waals surface area contributed by atoms with Gasteiger partial charge in [0.1, 0.15) is 16.7 Å². The highest BCUT2D eigenvalue weighted by Gasteiger charge is 2.18. The average molecular weight is 329 g/mol. The third kappa shape index (κ3) is 3.39. The normalized spacial score (nSPS) is 12.1. The van der Waals surface area contributed by atoms with E-state index in [1.807, 2.05) is 13.8 Å². The molecule has 0 spiro atoms. The van der Waals surface area contributed by atoms with Crippen molar-refractivity contribution in [3.63, 3.8) is 0 Å². The Morgan fingerprint density at radius 2 is 2.05 bits per heavy atom. The number of anilines is 1. The van der Waals surface area contributed by atoms with E-state index in [9.17, 15) is 4.39 Å². The van der Waals surface area contributed by atoms with Gasteiger partial charge in [-0.1, -0.05) is 29.3 Å². The maximum atomic E-state index is 14.1. The molecule has 2 rings (SSSR count). The van der Waals surface area contributed by atoms with E-state index in [0.29, 0.717) is 22.2 Å². The van der Waals surface area contributed by atoms with Gasteiger partial charge in [0.25, 0.3) is 0 Å². The molecule has 6 heteroatoms. The minimum absolute atomic E-state index is 0.252. The summed E-state index contributed by atoms with van der Waals surface area (Å²) in [4.78, 5) is 3.99. The van der Waals surface area contributed by atoms with E-state index in [1.54, 1.807) is 18.2 Å². The first-order valence-corrected chi connectivity index (χ1v) is 7.11. The molecule has 0 radical (unpaired) electrons. The van der Waals surface area contributed by atoms with Crippen LogP contribution in [0.15, 0.2) is 24.3 Å². The summed E-state index contributed by atoms with van der Waals surface area (Å²) < 4.78 is 19.3. The van der Waals surface area contributed by atoms with E-state index in [-0.39, 0.29) is 17.0 Å². The highest BCUT2D eigenvalue weighted by molar-refractivity contribution is 6.34. The van der Waals surface area contributed by atoms with Crippen molar-refractivity contribution < 1.29 is 9.13 Å². The van der Waals surface area contributed by atoms with Crippen LogP contribution >= 0.6 is 23.2 Å². The van der Waals surface area contributed by atoms with Crippen LogP contribution in [0.4, 0.5) is 10.1 Å². The van der Waals surface area contributed by atoms with Crippen molar-refractivity contribution in [1.29, 1.82) is 0 Å². The van der Waals surface area contributed by atoms with E-state index >= 15 is 0 Å². The number of ether oxygens (including phenoxy) is 1. The van der Waals surface area contributed by atoms with Crippen molar-refractivity contribution in [2.75, 3.05) is 12.4 Å². The molecule has 2 aromatic rings. The van der Waals surface area contributed by atoms with Gasteiger partial charge in [-0.25, -0.2) is 9.37 Å². The zero-order chi connectivity index (χ0) is 15.6. The SMILES string of the molecule is COc1cccc(F)c1C(C)Nc1c(C)cc(Cl)nc1Cl. The Morgan fingerprint density at radius 3 is 2.67 bits per heavy atom. The van der Waals surface area contributed by atoms with Crippen molar-refractivity contribution in [2.24, 2.45) is 0 Å². The number of halogens is 3. The van der Waals surface area contributed by atoms with Crippen molar-refractivity contribution in [3.8, 4) is 5.75 Å². The first-order valence-electron chi connectivity index (χ1n) is 6.35. The molecule has 3 nitrogen and oxygen atoms in total. The number of rotatable bonds is 4. The Labute approximate surface area is 133 Å². The van der Waals surface area contributed by atoms with Gasteiger partial charge in [0, 0.05) is 0 Å². The predicted molar refractivity (Wildman–Crippen MR) is 84.0 cm³/mol. The molecule has 1 atom stereocenters. The zero-order valence-corrected chi connectivity index (χ0v) is 13.4. The fraction of sp³-hybridized carbons (Fsp3) is 0.267. The highest BCUT2D eigenvalue weighted by Crippen LogP contribution is 2.34. The van der Waals surface area contributed by atoms with Gasteiger partial charge in [0.05, 0.1) is 24.4 Å². The van der Waals surface area contributed by atoms with Crippen LogP contribution in [0.5, 0.6) is 5.75 Å². The number of nitrogens with one attached hydrogen (secondary N) is 1. The summed E-state index contributed by atoms with van der Waals surface area (Å²) in [7, 11) is 1.51. The molecule has 1 unspecified atom stereocenters. The van der Waals surface area contributed by atoms with Crippen molar-refractivity contribution in [1.82, 2.24) is 4.98 Å². The molecule has 0 aliphatic carbocycles. The van der Waals surface area contributed by atoms with E-state index in [2.05, 4.69) is 10.3 Å². The van der Waals surface area contributed by atoms with Crippen molar-refractivity contribution in [2.45, 2.75) is 19.9 Å². The van der Waals surface area contributed by atoms with Crippen LogP contribution in [-0.2, 0) is 0 Å². The van der Waals surface area contributed by atoms with Gasteiger partial charge in [-0.15, -0.1) is 0 Å². The van der Waals surface area contributed by atoms with Gasteiger partial charge in [-0.2, -0.15) is 0 Å². The molecule has 112 valence electrons. The second-order valence-corrected chi connectivity index (χ2v) is 5.39. The van der Waals surface area contributed by atoms with Crippen LogP contribution in [0.25, 0.3) is 0 Å². The number of aryl methyl sites for hydroxylation is 1. The molecule has 1 aromatic heterocycles. The molecular weight excluding hydrogens is 314 g/mol. The second-order valence-electron chi connectivity index (χ2n) is 4.65. The smallest absolute Gasteiger partial charge is 0.154 e. The van der Waals surface area contributed by atoms with Gasteiger partial charge >= 0.3 is 0 Å². The molecule has 0 amide bonds. The quantitative estimate of drug-likeness (QED) is 0.800. The summed E-state index contributed by atoms with van der Waals surface area (Å²) in [5.41, 5.74) is 1.89. The minimum Gasteiger partial charge on any atom is -0.496 e. The van der Waals surface area contributed by atoms with E-state index < -0.39 is 0 Å². The number of pyridine rings is 1. The van der Waals surface area contributed by atoms with Crippen LogP contribution in [0.3, 0.4) is 0 Å². The van der Waals surface area contributed by atoms with Gasteiger partial charge in [-0.3, -0.25) is 0 Å². The van der Waals surface area contributed by atoms with E-state index in [1.165, 1.54) is 13.2 Å². The molecule has 0 bridgehead atoms. The molecule has 1 aromatic carbocycles. The number of methoxy groups -OCH3 is 1. The molecule has 21 heavy (non-hydrogen) atoms. The lowest BCUT2D eigenvalue weighted by Gasteiger charge is -2.20. The Balaban J connectivity index is 2.37. The fourth-order valence-electron chi connectivity index (χ4n) is 2.17. The molecule has 0 fully saturated rings. The average Bonchev–Trinajstić information content (AvgIpc) is 2.42. The zero-order valence-electron chi connectivity index (χ0n) is 11.9. The van der Waals surface area contributed by atoms with Crippen LogP contribution < -0.4 is 10.1 Å². The Hall–Kier alpha value is -1.52. The predicted octanol–water partition coefficient (Wildman–Crippen LogP) is 5.02. The van der Waals surface area contributed by atoms with Gasteiger partial charge in [-0.05, 0) is 37.6 Å². The van der Waals surface area contributed by atoms with Crippen molar-refractivity contribution >= 4 is 28.9 Å². The van der Waals surface area contributed by atoms with Crippen molar-refractivity contribution in [3.05, 3.63) is 51.5 Å². The van der Waals surface area contributed by atoms with Crippen LogP contribution in [0.2, 0.25) is 10.3 Å². The van der Waals surface area contributed by atoms with Gasteiger partial charge in [0.15, 0.2) is 5.15 Å². The van der Waals surface area contributed by atoms with Crippen LogP contribution in [0.1, 0.15) is 24.1 Å². The molecule has 0 saturated heterocycles. The maximum absolute atomic E-state index is 14.1. The summed E-state index contributed by atoms with van der Waals surface area (Å²) >= 11 is 11.9. The van der Waals surface area contributed by atoms with E-state index in [4.69, 9.17) is 27.9 Å². The first-order chi connectivity index (χ1) is 9.93. The Bertz CT molecular complexity index is 641. The number of aromatic nitrogens is 1. The Kier molecular flexibility index (Phi) is 4.91.